The first-order chi connectivity index (χ1) is 12.5. The molecule has 0 bridgehead atoms. The molecule has 0 atom stereocenters. The molecular weight excluding hydrogens is 376 g/mol. The Balaban J connectivity index is 0.00000261. The van der Waals surface area contributed by atoms with E-state index in [4.69, 9.17) is 0 Å². The minimum absolute atomic E-state index is 0. The quantitative estimate of drug-likeness (QED) is 0.779. The number of nitrogens with one attached hydrogen (secondary N) is 2. The molecule has 1 aliphatic heterocycles. The monoisotopic (exact) mass is 399 g/mol. The van der Waals surface area contributed by atoms with Gasteiger partial charge >= 0.3 is 0 Å². The van der Waals surface area contributed by atoms with Crippen LogP contribution in [0, 0.1) is 11.6 Å². The van der Waals surface area contributed by atoms with E-state index in [1.54, 1.807) is 4.90 Å². The van der Waals surface area contributed by atoms with E-state index in [0.29, 0.717) is 25.3 Å². The average molecular weight is 400 g/mol. The van der Waals surface area contributed by atoms with E-state index in [1.807, 2.05) is 19.0 Å². The molecule has 1 amide bonds. The summed E-state index contributed by atoms with van der Waals surface area (Å²) in [4.78, 5) is 16.6. The second kappa shape index (κ2) is 9.25. The minimum Gasteiger partial charge on any atom is -0.332 e. The van der Waals surface area contributed by atoms with E-state index in [9.17, 15) is 13.6 Å². The van der Waals surface area contributed by atoms with Gasteiger partial charge in [0.1, 0.15) is 11.6 Å². The number of amides is 1. The summed E-state index contributed by atoms with van der Waals surface area (Å²) >= 11 is 0. The number of likely N-dealkylation sites (N-methyl/N-ethyl adjacent to an activating group) is 1. The molecule has 0 unspecified atom stereocenters. The van der Waals surface area contributed by atoms with Crippen LogP contribution < -0.4 is 5.32 Å². The molecule has 0 fully saturated rings. The summed E-state index contributed by atoms with van der Waals surface area (Å²) in [7, 11) is 3.81. The van der Waals surface area contributed by atoms with E-state index >= 15 is 0 Å². The molecule has 27 heavy (non-hydrogen) atoms. The van der Waals surface area contributed by atoms with Gasteiger partial charge in [0.2, 0.25) is 0 Å². The molecule has 2 aromatic rings. The Morgan fingerprint density at radius 1 is 1.26 bits per heavy atom. The van der Waals surface area contributed by atoms with Crippen molar-refractivity contribution in [1.82, 2.24) is 25.3 Å². The van der Waals surface area contributed by atoms with Gasteiger partial charge in [0.05, 0.1) is 0 Å². The molecule has 148 valence electrons. The highest BCUT2D eigenvalue weighted by Gasteiger charge is 2.26. The van der Waals surface area contributed by atoms with Crippen LogP contribution in [0.2, 0.25) is 0 Å². The van der Waals surface area contributed by atoms with Crippen molar-refractivity contribution >= 4 is 18.3 Å². The lowest BCUT2D eigenvalue weighted by Gasteiger charge is -2.25. The van der Waals surface area contributed by atoms with Crippen molar-refractivity contribution in [3.8, 4) is 0 Å². The van der Waals surface area contributed by atoms with Gasteiger partial charge < -0.3 is 15.1 Å². The maximum absolute atomic E-state index is 14.1. The summed E-state index contributed by atoms with van der Waals surface area (Å²) in [6.45, 7) is 2.53. The number of fused-ring (bicyclic) bond motifs is 1. The first-order valence-corrected chi connectivity index (χ1v) is 8.60. The Kier molecular flexibility index (Phi) is 7.29. The number of hydrogen-bond acceptors (Lipinski definition) is 4. The van der Waals surface area contributed by atoms with Crippen molar-refractivity contribution in [3.05, 3.63) is 52.3 Å². The van der Waals surface area contributed by atoms with Gasteiger partial charge in [0, 0.05) is 62.0 Å². The van der Waals surface area contributed by atoms with E-state index in [2.05, 4.69) is 15.5 Å². The van der Waals surface area contributed by atoms with Gasteiger partial charge in [0.25, 0.3) is 5.91 Å². The first-order valence-electron chi connectivity index (χ1n) is 8.60. The van der Waals surface area contributed by atoms with Crippen LogP contribution in [0.15, 0.2) is 18.2 Å². The Bertz CT molecular complexity index is 796. The van der Waals surface area contributed by atoms with Crippen LogP contribution in [0.1, 0.15) is 27.3 Å². The van der Waals surface area contributed by atoms with Crippen LogP contribution in [0.25, 0.3) is 0 Å². The summed E-state index contributed by atoms with van der Waals surface area (Å²) in [5.74, 6) is -1.54. The van der Waals surface area contributed by atoms with Crippen LogP contribution in [0.4, 0.5) is 8.78 Å². The molecule has 1 aromatic heterocycles. The third kappa shape index (κ3) is 5.03. The number of halogens is 3. The van der Waals surface area contributed by atoms with Gasteiger partial charge in [-0.1, -0.05) is 6.07 Å². The van der Waals surface area contributed by atoms with Gasteiger partial charge in [-0.3, -0.25) is 9.89 Å². The number of aromatic nitrogens is 2. The van der Waals surface area contributed by atoms with Gasteiger partial charge in [-0.15, -0.1) is 12.4 Å². The van der Waals surface area contributed by atoms with Crippen LogP contribution in [0.5, 0.6) is 0 Å². The summed E-state index contributed by atoms with van der Waals surface area (Å²) in [5.41, 5.74) is 2.48. The number of aromatic amines is 1. The number of carbonyl (C=O) groups is 1. The highest BCUT2D eigenvalue weighted by molar-refractivity contribution is 5.94. The molecule has 3 rings (SSSR count). The summed E-state index contributed by atoms with van der Waals surface area (Å²) in [6, 6.07) is 3.42. The summed E-state index contributed by atoms with van der Waals surface area (Å²) in [6.07, 6.45) is 0.792. The Hall–Kier alpha value is -2.03. The second-order valence-electron chi connectivity index (χ2n) is 6.72. The SMILES string of the molecule is CN(C)CCN(Cc1ccc(F)cc1F)C(=O)c1n[nH]c2c1CNCC2.Cl. The predicted octanol–water partition coefficient (Wildman–Crippen LogP) is 1.96. The molecule has 2 heterocycles. The number of nitrogens with zero attached hydrogens (tertiary/aromatic N) is 3. The van der Waals surface area contributed by atoms with Gasteiger partial charge in [-0.05, 0) is 20.2 Å². The zero-order chi connectivity index (χ0) is 18.7. The second-order valence-corrected chi connectivity index (χ2v) is 6.72. The molecule has 1 aromatic carbocycles. The highest BCUT2D eigenvalue weighted by Crippen LogP contribution is 2.19. The molecular formula is C18H24ClF2N5O. The molecule has 0 spiro atoms. The van der Waals surface area contributed by atoms with E-state index in [-0.39, 0.29) is 30.4 Å². The molecule has 0 saturated carbocycles. The van der Waals surface area contributed by atoms with Crippen molar-refractivity contribution in [3.63, 3.8) is 0 Å². The molecule has 9 heteroatoms. The maximum atomic E-state index is 14.1. The minimum atomic E-state index is -0.654. The maximum Gasteiger partial charge on any atom is 0.275 e. The molecule has 1 aliphatic rings. The topological polar surface area (TPSA) is 64.3 Å². The lowest BCUT2D eigenvalue weighted by Crippen LogP contribution is -2.37. The molecule has 0 saturated heterocycles. The standard InChI is InChI=1S/C18H23F2N5O.ClH/c1-24(2)7-8-25(11-12-3-4-13(19)9-15(12)20)18(26)17-14-10-21-6-5-16(14)22-23-17;/h3-4,9,21H,5-8,10-11H2,1-2H3,(H,22,23);1H. The summed E-state index contributed by atoms with van der Waals surface area (Å²) in [5, 5.41) is 10.4. The Morgan fingerprint density at radius 3 is 2.74 bits per heavy atom. The van der Waals surface area contributed by atoms with Crippen LogP contribution in [-0.2, 0) is 19.5 Å². The Labute approximate surface area is 163 Å². The van der Waals surface area contributed by atoms with Gasteiger partial charge in [-0.2, -0.15) is 5.10 Å². The van der Waals surface area contributed by atoms with E-state index in [1.165, 1.54) is 12.1 Å². The fourth-order valence-electron chi connectivity index (χ4n) is 2.98. The molecule has 6 nitrogen and oxygen atoms in total. The number of hydrogen-bond donors (Lipinski definition) is 2. The molecule has 0 radical (unpaired) electrons. The third-order valence-electron chi connectivity index (χ3n) is 4.49. The first kappa shape index (κ1) is 21.3. The van der Waals surface area contributed by atoms with Crippen molar-refractivity contribution < 1.29 is 13.6 Å². The summed E-state index contributed by atoms with van der Waals surface area (Å²) < 4.78 is 27.2. The Morgan fingerprint density at radius 2 is 2.04 bits per heavy atom. The lowest BCUT2D eigenvalue weighted by molar-refractivity contribution is 0.0723. The zero-order valence-electron chi connectivity index (χ0n) is 15.4. The lowest BCUT2D eigenvalue weighted by atomic mass is 10.1. The fourth-order valence-corrected chi connectivity index (χ4v) is 2.98. The van der Waals surface area contributed by atoms with Crippen molar-refractivity contribution in [2.24, 2.45) is 0 Å². The predicted molar refractivity (Wildman–Crippen MR) is 101 cm³/mol. The fraction of sp³-hybridized carbons (Fsp3) is 0.444. The van der Waals surface area contributed by atoms with E-state index in [0.717, 1.165) is 30.3 Å². The van der Waals surface area contributed by atoms with Crippen LogP contribution in [-0.4, -0.2) is 59.6 Å². The van der Waals surface area contributed by atoms with Gasteiger partial charge in [-0.25, -0.2) is 8.78 Å². The molecule has 2 N–H and O–H groups in total. The normalized spacial score (nSPS) is 13.2. The van der Waals surface area contributed by atoms with Gasteiger partial charge in [0.15, 0.2) is 5.69 Å². The number of benzene rings is 1. The van der Waals surface area contributed by atoms with Crippen molar-refractivity contribution in [1.29, 1.82) is 0 Å². The number of rotatable bonds is 6. The van der Waals surface area contributed by atoms with E-state index < -0.39 is 11.6 Å². The number of H-pyrrole nitrogens is 1. The van der Waals surface area contributed by atoms with Crippen molar-refractivity contribution in [2.75, 3.05) is 33.7 Å². The van der Waals surface area contributed by atoms with Crippen LogP contribution >= 0.6 is 12.4 Å². The molecule has 0 aliphatic carbocycles. The zero-order valence-corrected chi connectivity index (χ0v) is 16.2. The van der Waals surface area contributed by atoms with Crippen molar-refractivity contribution in [2.45, 2.75) is 19.5 Å². The largest absolute Gasteiger partial charge is 0.332 e. The number of carbonyl (C=O) groups excluding carboxylic acids is 1. The third-order valence-corrected chi connectivity index (χ3v) is 4.49. The average Bonchev–Trinajstić information content (AvgIpc) is 3.03. The van der Waals surface area contributed by atoms with Crippen LogP contribution in [0.3, 0.4) is 0 Å². The smallest absolute Gasteiger partial charge is 0.275 e. The highest BCUT2D eigenvalue weighted by atomic mass is 35.5.